The molecule has 0 radical (unpaired) electrons. The van der Waals surface area contributed by atoms with Crippen LogP contribution >= 0.6 is 11.8 Å². The van der Waals surface area contributed by atoms with Gasteiger partial charge in [0.2, 0.25) is 0 Å². The fourth-order valence-electron chi connectivity index (χ4n) is 1.32. The standard InChI is InChI=1S/C9H17NO2S/c1-2-6(10)5-13-8-4-3-7(8)9(11)12/h6-8H,2-5,10H2,1H3,(H,11,12). The molecule has 0 aromatic carbocycles. The molecule has 0 aliphatic heterocycles. The number of carboxylic acids is 1. The lowest BCUT2D eigenvalue weighted by Gasteiger charge is -2.33. The first-order valence-electron chi connectivity index (χ1n) is 4.75. The molecule has 1 fully saturated rings. The van der Waals surface area contributed by atoms with Gasteiger partial charge in [-0.3, -0.25) is 4.79 Å². The molecule has 3 unspecified atom stereocenters. The van der Waals surface area contributed by atoms with Gasteiger partial charge in [0.15, 0.2) is 0 Å². The van der Waals surface area contributed by atoms with Crippen LogP contribution in [0.5, 0.6) is 0 Å². The van der Waals surface area contributed by atoms with Crippen molar-refractivity contribution in [2.45, 2.75) is 37.5 Å². The van der Waals surface area contributed by atoms with E-state index in [1.165, 1.54) is 0 Å². The maximum Gasteiger partial charge on any atom is 0.307 e. The van der Waals surface area contributed by atoms with Crippen molar-refractivity contribution in [2.75, 3.05) is 5.75 Å². The van der Waals surface area contributed by atoms with Gasteiger partial charge in [-0.05, 0) is 19.3 Å². The van der Waals surface area contributed by atoms with Crippen LogP contribution in [-0.4, -0.2) is 28.1 Å². The van der Waals surface area contributed by atoms with Gasteiger partial charge in [0.25, 0.3) is 0 Å². The van der Waals surface area contributed by atoms with Crippen LogP contribution in [0.2, 0.25) is 0 Å². The number of hydrogen-bond acceptors (Lipinski definition) is 3. The Labute approximate surface area is 83.1 Å². The molecule has 0 amide bonds. The molecule has 0 spiro atoms. The van der Waals surface area contributed by atoms with E-state index >= 15 is 0 Å². The van der Waals surface area contributed by atoms with Crippen molar-refractivity contribution in [2.24, 2.45) is 11.7 Å². The van der Waals surface area contributed by atoms with Gasteiger partial charge in [-0.2, -0.15) is 11.8 Å². The number of aliphatic carboxylic acids is 1. The Balaban J connectivity index is 2.19. The number of carbonyl (C=O) groups is 1. The molecule has 3 nitrogen and oxygen atoms in total. The smallest absolute Gasteiger partial charge is 0.307 e. The number of carboxylic acid groups (broad SMARTS) is 1. The van der Waals surface area contributed by atoms with Crippen LogP contribution in [0.1, 0.15) is 26.2 Å². The Kier molecular flexibility index (Phi) is 4.06. The minimum atomic E-state index is -0.645. The molecule has 13 heavy (non-hydrogen) atoms. The first kappa shape index (κ1) is 10.9. The Morgan fingerprint density at radius 3 is 2.77 bits per heavy atom. The summed E-state index contributed by atoms with van der Waals surface area (Å²) in [5.41, 5.74) is 5.75. The predicted octanol–water partition coefficient (Wildman–Crippen LogP) is 1.32. The first-order chi connectivity index (χ1) is 6.15. The van der Waals surface area contributed by atoms with E-state index in [1.54, 1.807) is 11.8 Å². The van der Waals surface area contributed by atoms with E-state index in [9.17, 15) is 4.79 Å². The van der Waals surface area contributed by atoms with Crippen molar-refractivity contribution >= 4 is 17.7 Å². The van der Waals surface area contributed by atoms with E-state index in [1.807, 2.05) is 0 Å². The third-order valence-corrected chi connectivity index (χ3v) is 4.19. The fourth-order valence-corrected chi connectivity index (χ4v) is 2.83. The topological polar surface area (TPSA) is 63.3 Å². The van der Waals surface area contributed by atoms with Gasteiger partial charge in [0.05, 0.1) is 5.92 Å². The van der Waals surface area contributed by atoms with E-state index in [0.717, 1.165) is 25.0 Å². The van der Waals surface area contributed by atoms with E-state index in [-0.39, 0.29) is 12.0 Å². The molecule has 1 aliphatic rings. The second-order valence-electron chi connectivity index (χ2n) is 3.56. The van der Waals surface area contributed by atoms with Crippen molar-refractivity contribution in [1.29, 1.82) is 0 Å². The molecule has 1 saturated carbocycles. The SMILES string of the molecule is CCC(N)CSC1CCC1C(=O)O. The lowest BCUT2D eigenvalue weighted by Crippen LogP contribution is -2.36. The highest BCUT2D eigenvalue weighted by atomic mass is 32.2. The average molecular weight is 203 g/mol. The maximum atomic E-state index is 10.7. The summed E-state index contributed by atoms with van der Waals surface area (Å²) in [7, 11) is 0. The number of rotatable bonds is 5. The number of nitrogens with two attached hydrogens (primary N) is 1. The molecule has 0 saturated heterocycles. The largest absolute Gasteiger partial charge is 0.481 e. The Hall–Kier alpha value is -0.220. The minimum Gasteiger partial charge on any atom is -0.481 e. The molecule has 4 heteroatoms. The molecule has 0 bridgehead atoms. The van der Waals surface area contributed by atoms with Crippen LogP contribution in [0.25, 0.3) is 0 Å². The van der Waals surface area contributed by atoms with Crippen LogP contribution < -0.4 is 5.73 Å². The van der Waals surface area contributed by atoms with Gasteiger partial charge in [0.1, 0.15) is 0 Å². The molecule has 0 aromatic rings. The summed E-state index contributed by atoms with van der Waals surface area (Å²) in [6, 6.07) is 0.222. The zero-order chi connectivity index (χ0) is 9.84. The van der Waals surface area contributed by atoms with E-state index in [0.29, 0.717) is 5.25 Å². The van der Waals surface area contributed by atoms with Gasteiger partial charge in [0, 0.05) is 17.0 Å². The Morgan fingerprint density at radius 1 is 1.69 bits per heavy atom. The van der Waals surface area contributed by atoms with Gasteiger partial charge in [-0.1, -0.05) is 6.92 Å². The highest BCUT2D eigenvalue weighted by Crippen LogP contribution is 2.37. The molecule has 1 aliphatic carbocycles. The Bertz CT molecular complexity index is 186. The molecule has 76 valence electrons. The first-order valence-corrected chi connectivity index (χ1v) is 5.80. The van der Waals surface area contributed by atoms with Crippen molar-refractivity contribution in [3.05, 3.63) is 0 Å². The lowest BCUT2D eigenvalue weighted by atomic mass is 9.85. The van der Waals surface area contributed by atoms with Crippen LogP contribution in [0.4, 0.5) is 0 Å². The van der Waals surface area contributed by atoms with E-state index in [2.05, 4.69) is 6.92 Å². The van der Waals surface area contributed by atoms with Crippen molar-refractivity contribution in [3.63, 3.8) is 0 Å². The maximum absolute atomic E-state index is 10.7. The van der Waals surface area contributed by atoms with Gasteiger partial charge >= 0.3 is 5.97 Å². The molecular formula is C9H17NO2S. The van der Waals surface area contributed by atoms with Crippen molar-refractivity contribution in [1.82, 2.24) is 0 Å². The highest BCUT2D eigenvalue weighted by molar-refractivity contribution is 8.00. The normalized spacial score (nSPS) is 29.4. The second kappa shape index (κ2) is 4.86. The summed E-state index contributed by atoms with van der Waals surface area (Å²) in [5, 5.41) is 9.10. The molecule has 3 N–H and O–H groups in total. The summed E-state index contributed by atoms with van der Waals surface area (Å²) in [4.78, 5) is 10.7. The third kappa shape index (κ3) is 2.88. The van der Waals surface area contributed by atoms with E-state index in [4.69, 9.17) is 10.8 Å². The van der Waals surface area contributed by atoms with Crippen molar-refractivity contribution in [3.8, 4) is 0 Å². The predicted molar refractivity (Wildman–Crippen MR) is 54.9 cm³/mol. The summed E-state index contributed by atoms with van der Waals surface area (Å²) in [5.74, 6) is 0.133. The number of thioether (sulfide) groups is 1. The summed E-state index contributed by atoms with van der Waals surface area (Å²) in [6.45, 7) is 2.06. The second-order valence-corrected chi connectivity index (χ2v) is 4.83. The van der Waals surface area contributed by atoms with Gasteiger partial charge < -0.3 is 10.8 Å². The van der Waals surface area contributed by atoms with Crippen LogP contribution in [0.15, 0.2) is 0 Å². The fraction of sp³-hybridized carbons (Fsp3) is 0.889. The average Bonchev–Trinajstić information content (AvgIpc) is 2.01. The third-order valence-electron chi connectivity index (χ3n) is 2.58. The summed E-state index contributed by atoms with van der Waals surface area (Å²) < 4.78 is 0. The lowest BCUT2D eigenvalue weighted by molar-refractivity contribution is -0.144. The summed E-state index contributed by atoms with van der Waals surface area (Å²) in [6.07, 6.45) is 2.85. The molecular weight excluding hydrogens is 186 g/mol. The van der Waals surface area contributed by atoms with Crippen LogP contribution in [0, 0.1) is 5.92 Å². The zero-order valence-electron chi connectivity index (χ0n) is 7.90. The van der Waals surface area contributed by atoms with Crippen LogP contribution in [-0.2, 0) is 4.79 Å². The van der Waals surface area contributed by atoms with E-state index < -0.39 is 5.97 Å². The number of hydrogen-bond donors (Lipinski definition) is 2. The van der Waals surface area contributed by atoms with Gasteiger partial charge in [-0.15, -0.1) is 0 Å². The van der Waals surface area contributed by atoms with Crippen molar-refractivity contribution < 1.29 is 9.90 Å². The molecule has 3 atom stereocenters. The quantitative estimate of drug-likeness (QED) is 0.707. The highest BCUT2D eigenvalue weighted by Gasteiger charge is 2.36. The van der Waals surface area contributed by atoms with Gasteiger partial charge in [-0.25, -0.2) is 0 Å². The molecule has 0 heterocycles. The Morgan fingerprint density at radius 2 is 2.38 bits per heavy atom. The van der Waals surface area contributed by atoms with Crippen LogP contribution in [0.3, 0.4) is 0 Å². The minimum absolute atomic E-state index is 0.117. The summed E-state index contributed by atoms with van der Waals surface area (Å²) >= 11 is 1.73. The monoisotopic (exact) mass is 203 g/mol. The molecule has 0 aromatic heterocycles. The molecule has 1 rings (SSSR count). The zero-order valence-corrected chi connectivity index (χ0v) is 8.72.